The van der Waals surface area contributed by atoms with Gasteiger partial charge in [0.2, 0.25) is 0 Å². The monoisotopic (exact) mass is 478 g/mol. The zero-order valence-corrected chi connectivity index (χ0v) is 18.8. The minimum Gasteiger partial charge on any atom is -0.451 e. The van der Waals surface area contributed by atoms with Crippen molar-refractivity contribution >= 4 is 23.5 Å². The van der Waals surface area contributed by atoms with Gasteiger partial charge in [-0.05, 0) is 49.7 Å². The van der Waals surface area contributed by atoms with Crippen molar-refractivity contribution in [2.75, 3.05) is 13.7 Å². The lowest BCUT2D eigenvalue weighted by molar-refractivity contribution is -0.133. The summed E-state index contributed by atoms with van der Waals surface area (Å²) < 4.78 is 35.4. The zero-order chi connectivity index (χ0) is 24.1. The lowest BCUT2D eigenvalue weighted by Gasteiger charge is -2.17. The maximum Gasteiger partial charge on any atom is 0.387 e. The first-order chi connectivity index (χ1) is 15.6. The van der Waals surface area contributed by atoms with E-state index in [1.165, 1.54) is 30.1 Å². The third-order valence-corrected chi connectivity index (χ3v) is 4.88. The Morgan fingerprint density at radius 1 is 1.15 bits per heavy atom. The van der Waals surface area contributed by atoms with Gasteiger partial charge in [-0.25, -0.2) is 14.5 Å². The molecule has 0 bridgehead atoms. The Morgan fingerprint density at radius 3 is 2.45 bits per heavy atom. The highest BCUT2D eigenvalue weighted by atomic mass is 35.5. The Kier molecular flexibility index (Phi) is 7.59. The molecule has 3 rings (SSSR count). The molecule has 33 heavy (non-hydrogen) atoms. The molecule has 0 unspecified atom stereocenters. The number of carbonyl (C=O) groups is 2. The second-order valence-electron chi connectivity index (χ2n) is 7.19. The van der Waals surface area contributed by atoms with Crippen molar-refractivity contribution in [1.29, 1.82) is 0 Å². The number of esters is 1. The number of pyridine rings is 1. The minimum atomic E-state index is -2.91. The average Bonchev–Trinajstić information content (AvgIpc) is 3.11. The number of aromatic nitrogens is 3. The van der Waals surface area contributed by atoms with E-state index in [1.807, 2.05) is 19.9 Å². The smallest absolute Gasteiger partial charge is 0.387 e. The van der Waals surface area contributed by atoms with Crippen LogP contribution < -0.4 is 4.74 Å². The molecule has 8 nitrogen and oxygen atoms in total. The summed E-state index contributed by atoms with van der Waals surface area (Å²) in [6.45, 7) is 0.429. The van der Waals surface area contributed by atoms with E-state index in [2.05, 4.69) is 14.8 Å². The molecule has 0 saturated carbocycles. The summed E-state index contributed by atoms with van der Waals surface area (Å²) in [5.41, 5.74) is 2.17. The van der Waals surface area contributed by atoms with Gasteiger partial charge in [0.15, 0.2) is 18.1 Å². The average molecular weight is 479 g/mol. The van der Waals surface area contributed by atoms with E-state index >= 15 is 0 Å². The maximum absolute atomic E-state index is 12.5. The molecule has 0 aliphatic heterocycles. The van der Waals surface area contributed by atoms with Gasteiger partial charge >= 0.3 is 12.6 Å². The molecular formula is C22H21ClF2N4O4. The molecule has 1 aromatic carbocycles. The molecule has 0 fully saturated rings. The Balaban J connectivity index is 1.60. The molecule has 0 atom stereocenters. The van der Waals surface area contributed by atoms with E-state index in [0.29, 0.717) is 11.4 Å². The SMILES string of the molecule is Cc1cc(C)n(-c2ccc(Cl)c(C(=O)OCC(=O)N(C)Cc3ccc(OC(F)F)cc3)n2)n1. The molecule has 2 aromatic heterocycles. The van der Waals surface area contributed by atoms with E-state index in [-0.39, 0.29) is 23.0 Å². The van der Waals surface area contributed by atoms with E-state index < -0.39 is 25.1 Å². The van der Waals surface area contributed by atoms with Crippen LogP contribution in [0.25, 0.3) is 5.82 Å². The largest absolute Gasteiger partial charge is 0.451 e. The summed E-state index contributed by atoms with van der Waals surface area (Å²) in [7, 11) is 1.52. The number of rotatable bonds is 8. The molecule has 3 aromatic rings. The molecule has 0 N–H and O–H groups in total. The highest BCUT2D eigenvalue weighted by Crippen LogP contribution is 2.19. The number of aryl methyl sites for hydroxylation is 2. The van der Waals surface area contributed by atoms with E-state index in [9.17, 15) is 18.4 Å². The summed E-state index contributed by atoms with van der Waals surface area (Å²) in [4.78, 5) is 30.4. The summed E-state index contributed by atoms with van der Waals surface area (Å²) in [6.07, 6.45) is 0. The Labute approximate surface area is 193 Å². The summed E-state index contributed by atoms with van der Waals surface area (Å²) in [5.74, 6) is -0.913. The number of hydrogen-bond donors (Lipinski definition) is 0. The molecule has 11 heteroatoms. The number of hydrogen-bond acceptors (Lipinski definition) is 6. The first-order valence-electron chi connectivity index (χ1n) is 9.79. The van der Waals surface area contributed by atoms with Gasteiger partial charge in [0.05, 0.1) is 10.7 Å². The third-order valence-electron chi connectivity index (χ3n) is 4.57. The Hall–Kier alpha value is -3.53. The van der Waals surface area contributed by atoms with Gasteiger partial charge in [-0.1, -0.05) is 23.7 Å². The Morgan fingerprint density at radius 2 is 1.85 bits per heavy atom. The topological polar surface area (TPSA) is 86.5 Å². The fraction of sp³-hybridized carbons (Fsp3) is 0.273. The third kappa shape index (κ3) is 6.26. The van der Waals surface area contributed by atoms with Gasteiger partial charge in [-0.2, -0.15) is 13.9 Å². The molecular weight excluding hydrogens is 458 g/mol. The van der Waals surface area contributed by atoms with Gasteiger partial charge in [0.25, 0.3) is 5.91 Å². The quantitative estimate of drug-likeness (QED) is 0.456. The number of carbonyl (C=O) groups excluding carboxylic acids is 2. The lowest BCUT2D eigenvalue weighted by Crippen LogP contribution is -2.31. The lowest BCUT2D eigenvalue weighted by atomic mass is 10.2. The van der Waals surface area contributed by atoms with Gasteiger partial charge in [-0.3, -0.25) is 4.79 Å². The molecule has 0 spiro atoms. The van der Waals surface area contributed by atoms with Crippen molar-refractivity contribution in [3.05, 3.63) is 70.1 Å². The molecule has 0 aliphatic carbocycles. The summed E-state index contributed by atoms with van der Waals surface area (Å²) in [6, 6.07) is 10.9. The van der Waals surface area contributed by atoms with E-state index in [4.69, 9.17) is 16.3 Å². The van der Waals surface area contributed by atoms with Crippen LogP contribution in [-0.2, 0) is 16.1 Å². The molecule has 0 aliphatic rings. The second kappa shape index (κ2) is 10.4. The molecule has 0 saturated heterocycles. The summed E-state index contributed by atoms with van der Waals surface area (Å²) in [5, 5.41) is 4.40. The van der Waals surface area contributed by atoms with Crippen molar-refractivity contribution in [3.8, 4) is 11.6 Å². The fourth-order valence-electron chi connectivity index (χ4n) is 3.00. The number of likely N-dealkylation sites (N-methyl/N-ethyl adjacent to an activating group) is 1. The van der Waals surface area contributed by atoms with Gasteiger partial charge in [0.1, 0.15) is 5.75 Å². The van der Waals surface area contributed by atoms with Crippen LogP contribution in [0.4, 0.5) is 8.78 Å². The number of halogens is 3. The molecule has 1 amide bonds. The van der Waals surface area contributed by atoms with Crippen LogP contribution in [-0.4, -0.2) is 51.8 Å². The zero-order valence-electron chi connectivity index (χ0n) is 18.1. The standard InChI is InChI=1S/C22H21ClF2N4O4/c1-13-10-14(2)29(27-13)18-9-8-17(23)20(26-18)21(31)32-12-19(30)28(3)11-15-4-6-16(7-5-15)33-22(24)25/h4-10,22H,11-12H2,1-3H3. The number of benzene rings is 1. The highest BCUT2D eigenvalue weighted by Gasteiger charge is 2.19. The van der Waals surface area contributed by atoms with Crippen LogP contribution in [0.3, 0.4) is 0 Å². The fourth-order valence-corrected chi connectivity index (χ4v) is 3.18. The van der Waals surface area contributed by atoms with Gasteiger partial charge < -0.3 is 14.4 Å². The molecule has 2 heterocycles. The first kappa shape index (κ1) is 24.1. The van der Waals surface area contributed by atoms with Crippen molar-refractivity contribution in [3.63, 3.8) is 0 Å². The predicted molar refractivity (Wildman–Crippen MR) is 116 cm³/mol. The number of alkyl halides is 2. The van der Waals surface area contributed by atoms with E-state index in [1.54, 1.807) is 22.9 Å². The molecule has 0 radical (unpaired) electrons. The van der Waals surface area contributed by atoms with E-state index in [0.717, 1.165) is 11.4 Å². The maximum atomic E-state index is 12.5. The number of nitrogens with zero attached hydrogens (tertiary/aromatic N) is 4. The van der Waals surface area contributed by atoms with Crippen LogP contribution >= 0.6 is 11.6 Å². The van der Waals surface area contributed by atoms with Crippen LogP contribution in [0.1, 0.15) is 27.4 Å². The van der Waals surface area contributed by atoms with Gasteiger partial charge in [0, 0.05) is 19.3 Å². The van der Waals surface area contributed by atoms with Crippen molar-refractivity contribution < 1.29 is 27.8 Å². The normalized spacial score (nSPS) is 10.9. The van der Waals surface area contributed by atoms with Crippen LogP contribution in [0.2, 0.25) is 5.02 Å². The van der Waals surface area contributed by atoms with Crippen LogP contribution in [0.5, 0.6) is 5.75 Å². The van der Waals surface area contributed by atoms with Crippen molar-refractivity contribution in [2.24, 2.45) is 0 Å². The number of ether oxygens (including phenoxy) is 2. The molecule has 174 valence electrons. The summed E-state index contributed by atoms with van der Waals surface area (Å²) >= 11 is 6.11. The van der Waals surface area contributed by atoms with Crippen LogP contribution in [0, 0.1) is 13.8 Å². The second-order valence-corrected chi connectivity index (χ2v) is 7.59. The van der Waals surface area contributed by atoms with Crippen LogP contribution in [0.15, 0.2) is 42.5 Å². The van der Waals surface area contributed by atoms with Crippen molar-refractivity contribution in [1.82, 2.24) is 19.7 Å². The Bertz CT molecular complexity index is 1150. The van der Waals surface area contributed by atoms with Crippen molar-refractivity contribution in [2.45, 2.75) is 27.0 Å². The minimum absolute atomic E-state index is 0.0173. The van der Waals surface area contributed by atoms with Gasteiger partial charge in [-0.15, -0.1) is 0 Å². The highest BCUT2D eigenvalue weighted by molar-refractivity contribution is 6.33. The number of amides is 1. The predicted octanol–water partition coefficient (Wildman–Crippen LogP) is 3.95. The first-order valence-corrected chi connectivity index (χ1v) is 10.2.